The van der Waals surface area contributed by atoms with Crippen LogP contribution in [0.1, 0.15) is 49.7 Å². The molecule has 2 nitrogen and oxygen atoms in total. The second-order valence-electron chi connectivity index (χ2n) is 21.2. The zero-order chi connectivity index (χ0) is 69.4. The molecule has 0 saturated heterocycles. The predicted molar refractivity (Wildman–Crippen MR) is 335 cm³/mol. The van der Waals surface area contributed by atoms with Gasteiger partial charge in [-0.1, -0.05) is 224 Å². The van der Waals surface area contributed by atoms with Crippen LogP contribution in [0.5, 0.6) is 0 Å². The zero-order valence-corrected chi connectivity index (χ0v) is 41.9. The normalized spacial score (nSPS) is 17.1. The van der Waals surface area contributed by atoms with Gasteiger partial charge in [-0.3, -0.25) is 0 Å². The molecule has 366 valence electrons. The van der Waals surface area contributed by atoms with E-state index in [0.29, 0.717) is 71.4 Å². The maximum atomic E-state index is 9.67. The van der Waals surface area contributed by atoms with E-state index in [1.54, 1.807) is 18.2 Å². The molecular weight excluding hydrogens is 964 g/mol. The molecule has 0 fully saturated rings. The number of hydrogen-bond acceptors (Lipinski definition) is 0. The van der Waals surface area contributed by atoms with Gasteiger partial charge >= 0.3 is 0 Å². The second-order valence-corrected chi connectivity index (χ2v) is 21.2. The molecule has 0 unspecified atom stereocenters. The number of fused-ring (bicyclic) bond motifs is 15. The van der Waals surface area contributed by atoms with Crippen molar-refractivity contribution in [3.05, 3.63) is 295 Å². The van der Waals surface area contributed by atoms with Crippen LogP contribution < -0.4 is 16.4 Å². The smallest absolute Gasteiger partial charge is 0.252 e. The van der Waals surface area contributed by atoms with E-state index in [-0.39, 0.29) is 38.9 Å². The Bertz CT molecular complexity index is 6350. The van der Waals surface area contributed by atoms with Gasteiger partial charge in [0.25, 0.3) is 6.71 Å². The van der Waals surface area contributed by atoms with Crippen molar-refractivity contribution in [1.82, 2.24) is 9.13 Å². The molecule has 0 atom stereocenters. The molecule has 3 heteroatoms. The summed E-state index contributed by atoms with van der Waals surface area (Å²) < 4.78 is 188. The van der Waals surface area contributed by atoms with Gasteiger partial charge in [0, 0.05) is 43.8 Å². The maximum Gasteiger partial charge on any atom is 0.252 e. The molecule has 80 heavy (non-hydrogen) atoms. The SMILES string of the molecule is [2H]c1c([2H])c([2H])c(-c2ccc3c(c2)c2cc(-c4c([2H])c([2H])c([2H])c([2H])c4[2H])cc4c2n3-c2c(-c3ccc5ccccc5c3)cc3c5c2B4c2cc(-c4c([2H])c([2H])c([2H])c([2H])c4[2H])cc4c6cc(-c7c([2H])c([2H])c([2H])c([2H])c7[2H])cc(c6n-5c24)C32c3ccccc3-c3ccccc32)c([2H])c1[2H]. The van der Waals surface area contributed by atoms with Crippen molar-refractivity contribution < 1.29 is 27.4 Å². The first kappa shape index (κ1) is 28.4. The van der Waals surface area contributed by atoms with E-state index >= 15 is 0 Å². The van der Waals surface area contributed by atoms with Gasteiger partial charge in [0.05, 0.1) is 49.6 Å². The molecule has 0 bridgehead atoms. The van der Waals surface area contributed by atoms with Gasteiger partial charge in [-0.15, -0.1) is 0 Å². The molecule has 1 aliphatic carbocycles. The van der Waals surface area contributed by atoms with Gasteiger partial charge < -0.3 is 9.13 Å². The molecule has 1 spiro atoms. The van der Waals surface area contributed by atoms with Gasteiger partial charge in [-0.25, -0.2) is 0 Å². The lowest BCUT2D eigenvalue weighted by atomic mass is 9.33. The van der Waals surface area contributed by atoms with Crippen molar-refractivity contribution in [2.24, 2.45) is 0 Å². The first-order valence-electron chi connectivity index (χ1n) is 36.5. The van der Waals surface area contributed by atoms with E-state index in [2.05, 4.69) is 57.7 Å². The Kier molecular flexibility index (Phi) is 5.51. The van der Waals surface area contributed by atoms with Crippen LogP contribution >= 0.6 is 0 Å². The molecule has 0 radical (unpaired) electrons. The Morgan fingerprint density at radius 1 is 0.312 bits per heavy atom. The molecule has 3 aliphatic heterocycles. The van der Waals surface area contributed by atoms with Crippen LogP contribution in [0.15, 0.2) is 273 Å². The van der Waals surface area contributed by atoms with Crippen molar-refractivity contribution in [2.45, 2.75) is 5.41 Å². The zero-order valence-electron chi connectivity index (χ0n) is 61.9. The molecule has 5 heterocycles. The quantitative estimate of drug-likeness (QED) is 0.152. The van der Waals surface area contributed by atoms with Gasteiger partial charge in [0.15, 0.2) is 0 Å². The third kappa shape index (κ3) is 5.39. The van der Waals surface area contributed by atoms with Crippen molar-refractivity contribution in [3.63, 3.8) is 0 Å². The highest BCUT2D eigenvalue weighted by Gasteiger charge is 2.55. The fourth-order valence-corrected chi connectivity index (χ4v) is 14.6. The third-order valence-electron chi connectivity index (χ3n) is 17.5. The summed E-state index contributed by atoms with van der Waals surface area (Å²) in [5, 5.41) is 3.97. The largest absolute Gasteiger partial charge is 0.310 e. The first-order chi connectivity index (χ1) is 48.0. The fraction of sp³-hybridized carbons (Fsp3) is 0.0130. The van der Waals surface area contributed by atoms with E-state index in [9.17, 15) is 11.0 Å². The summed E-state index contributed by atoms with van der Waals surface area (Å²) in [4.78, 5) is 0. The Morgan fingerprint density at radius 2 is 0.800 bits per heavy atom. The highest BCUT2D eigenvalue weighted by Crippen LogP contribution is 2.63. The lowest BCUT2D eigenvalue weighted by Crippen LogP contribution is -2.60. The molecule has 2 aromatic heterocycles. The molecule has 0 saturated carbocycles. The minimum absolute atomic E-state index is 0.0565. The highest BCUT2D eigenvalue weighted by atomic mass is 15.1. The van der Waals surface area contributed by atoms with Crippen molar-refractivity contribution in [1.29, 1.82) is 0 Å². The molecule has 13 aromatic carbocycles. The van der Waals surface area contributed by atoms with E-state index < -0.39 is 133 Å². The lowest BCUT2D eigenvalue weighted by molar-refractivity contribution is 0.750. The lowest BCUT2D eigenvalue weighted by Gasteiger charge is -2.45. The van der Waals surface area contributed by atoms with Crippen molar-refractivity contribution in [2.75, 3.05) is 0 Å². The highest BCUT2D eigenvalue weighted by molar-refractivity contribution is 7.00. The molecule has 15 aromatic rings. The van der Waals surface area contributed by atoms with Gasteiger partial charge in [-0.05, 0) is 159 Å². The number of aromatic nitrogens is 2. The average molecular weight is 1030 g/mol. The summed E-state index contributed by atoms with van der Waals surface area (Å²) in [6, 6.07) is 38.9. The van der Waals surface area contributed by atoms with E-state index in [1.807, 2.05) is 84.9 Å². The Labute approximate surface area is 490 Å². The van der Waals surface area contributed by atoms with Crippen LogP contribution in [0.25, 0.3) is 133 Å². The Morgan fingerprint density at radius 3 is 1.41 bits per heavy atom. The minimum Gasteiger partial charge on any atom is -0.310 e. The van der Waals surface area contributed by atoms with Crippen molar-refractivity contribution in [3.8, 4) is 78.1 Å². The van der Waals surface area contributed by atoms with Gasteiger partial charge in [0.1, 0.15) is 0 Å². The summed E-state index contributed by atoms with van der Waals surface area (Å²) >= 11 is 0. The van der Waals surface area contributed by atoms with Crippen LogP contribution in [0.2, 0.25) is 0 Å². The van der Waals surface area contributed by atoms with Gasteiger partial charge in [0.2, 0.25) is 0 Å². The number of nitrogens with zero attached hydrogens (tertiary/aromatic N) is 2. The summed E-state index contributed by atoms with van der Waals surface area (Å²) in [5.74, 6) is 0. The fourth-order valence-electron chi connectivity index (χ4n) is 14.6. The number of hydrogen-bond donors (Lipinski definition) is 0. The van der Waals surface area contributed by atoms with E-state index in [4.69, 9.17) is 16.4 Å². The number of rotatable bonds is 5. The first-order valence-corrected chi connectivity index (χ1v) is 26.5. The Hall–Kier alpha value is -10.2. The third-order valence-corrected chi connectivity index (χ3v) is 17.5. The maximum absolute atomic E-state index is 9.67. The van der Waals surface area contributed by atoms with Crippen LogP contribution in [0.4, 0.5) is 0 Å². The molecule has 19 rings (SSSR count). The number of benzene rings is 13. The molecule has 0 N–H and O–H groups in total. The topological polar surface area (TPSA) is 9.86 Å². The minimum atomic E-state index is -1.32. The summed E-state index contributed by atoms with van der Waals surface area (Å²) in [6.07, 6.45) is 0. The summed E-state index contributed by atoms with van der Waals surface area (Å²) in [5.41, 5.74) is 11.7. The van der Waals surface area contributed by atoms with Crippen LogP contribution in [-0.2, 0) is 5.41 Å². The van der Waals surface area contributed by atoms with E-state index in [0.717, 1.165) is 60.9 Å². The average Bonchev–Trinajstić information content (AvgIpc) is 1.41. The van der Waals surface area contributed by atoms with Crippen molar-refractivity contribution >= 4 is 77.5 Å². The second kappa shape index (κ2) is 15.5. The van der Waals surface area contributed by atoms with Crippen LogP contribution in [-0.4, -0.2) is 15.8 Å². The standard InChI is InChI=1S/C77H45BN2/c1-5-19-46(20-6-1)52-35-36-70-60(38-52)61-40-55(48-23-9-3-10-24-48)43-68-73(61)79(70)75-59(53-34-33-50-27-13-14-28-51(50)37-53)45-67-76-71(75)78(68)69-44-56(49-25-11-4-12-26-49)41-63-62-39-54(47-21-7-2-8-22-47)42-66(72(62)80(76)74(63)69)77(67)64-31-17-15-29-57(64)58-30-16-18-32-65(58)77/h1-45H/i1D,2D,3D,4D,5D,6D,7D,8D,9D,10D,11D,12D,19D,20D,21D,22D,23D,24D,25D,26D. The van der Waals surface area contributed by atoms with Crippen LogP contribution in [0, 0.1) is 0 Å². The summed E-state index contributed by atoms with van der Waals surface area (Å²) in [7, 11) is 0. The molecular formula is C77H45BN2. The monoisotopic (exact) mass is 1030 g/mol. The van der Waals surface area contributed by atoms with Crippen LogP contribution in [0.3, 0.4) is 0 Å². The van der Waals surface area contributed by atoms with E-state index in [1.165, 1.54) is 0 Å². The molecule has 0 amide bonds. The molecule has 4 aliphatic rings. The Balaban J connectivity index is 1.10. The summed E-state index contributed by atoms with van der Waals surface area (Å²) in [6.45, 7) is -0.969. The van der Waals surface area contributed by atoms with Gasteiger partial charge in [-0.2, -0.15) is 0 Å². The predicted octanol–water partition coefficient (Wildman–Crippen LogP) is 17.2.